The molecule has 8 heteroatoms. The minimum absolute atomic E-state index is 0.464. The molecule has 0 atom stereocenters. The molecular weight excluding hydrogens is 358 g/mol. The number of piperidine rings is 1. The van der Waals surface area contributed by atoms with Gasteiger partial charge in [0.25, 0.3) is 0 Å². The van der Waals surface area contributed by atoms with Crippen LogP contribution in [0, 0.1) is 0 Å². The standard InChI is InChI=1S/C13H15BrClN5O/c14-10-7-16-8-11(15)12(10)19-4-1-13(21,2-5-19)9-20-6-3-17-18-20/h3,6-8,21H,1-2,4-5,9H2. The van der Waals surface area contributed by atoms with Crippen LogP contribution in [0.15, 0.2) is 29.3 Å². The van der Waals surface area contributed by atoms with E-state index in [1.165, 1.54) is 0 Å². The van der Waals surface area contributed by atoms with Gasteiger partial charge < -0.3 is 10.0 Å². The van der Waals surface area contributed by atoms with Crippen LogP contribution in [0.1, 0.15) is 12.8 Å². The van der Waals surface area contributed by atoms with Gasteiger partial charge in [0.1, 0.15) is 0 Å². The lowest BCUT2D eigenvalue weighted by Gasteiger charge is -2.39. The maximum atomic E-state index is 10.7. The van der Waals surface area contributed by atoms with Crippen molar-refractivity contribution in [2.75, 3.05) is 18.0 Å². The first kappa shape index (κ1) is 14.7. The van der Waals surface area contributed by atoms with Gasteiger partial charge in [-0.1, -0.05) is 16.8 Å². The molecule has 3 heterocycles. The summed E-state index contributed by atoms with van der Waals surface area (Å²) in [5.74, 6) is 0. The minimum atomic E-state index is -0.754. The van der Waals surface area contributed by atoms with Gasteiger partial charge in [-0.05, 0) is 28.8 Å². The van der Waals surface area contributed by atoms with Gasteiger partial charge in [-0.15, -0.1) is 5.10 Å². The number of hydrogen-bond acceptors (Lipinski definition) is 5. The highest BCUT2D eigenvalue weighted by molar-refractivity contribution is 9.10. The Hall–Kier alpha value is -1.18. The Morgan fingerprint density at radius 2 is 2.10 bits per heavy atom. The van der Waals surface area contributed by atoms with Crippen molar-refractivity contribution in [3.8, 4) is 0 Å². The molecule has 1 aliphatic heterocycles. The molecule has 0 unspecified atom stereocenters. The van der Waals surface area contributed by atoms with Crippen LogP contribution < -0.4 is 4.90 Å². The smallest absolute Gasteiger partial charge is 0.0877 e. The van der Waals surface area contributed by atoms with E-state index < -0.39 is 5.60 Å². The molecule has 0 spiro atoms. The molecule has 1 saturated heterocycles. The molecule has 0 radical (unpaired) electrons. The number of aromatic nitrogens is 4. The Morgan fingerprint density at radius 1 is 1.33 bits per heavy atom. The molecule has 2 aromatic rings. The van der Waals surface area contributed by atoms with Crippen molar-refractivity contribution in [1.29, 1.82) is 0 Å². The van der Waals surface area contributed by atoms with E-state index in [1.54, 1.807) is 29.5 Å². The van der Waals surface area contributed by atoms with Crippen LogP contribution in [0.4, 0.5) is 5.69 Å². The van der Waals surface area contributed by atoms with Gasteiger partial charge in [0.15, 0.2) is 0 Å². The van der Waals surface area contributed by atoms with Crippen molar-refractivity contribution in [3.63, 3.8) is 0 Å². The van der Waals surface area contributed by atoms with Crippen molar-refractivity contribution in [2.45, 2.75) is 25.0 Å². The second-order valence-electron chi connectivity index (χ2n) is 5.26. The molecule has 0 saturated carbocycles. The van der Waals surface area contributed by atoms with E-state index in [2.05, 4.69) is 36.1 Å². The van der Waals surface area contributed by atoms with Crippen LogP contribution >= 0.6 is 27.5 Å². The number of nitrogens with zero attached hydrogens (tertiary/aromatic N) is 5. The summed E-state index contributed by atoms with van der Waals surface area (Å²) < 4.78 is 2.54. The third-order valence-corrected chi connectivity index (χ3v) is 4.62. The van der Waals surface area contributed by atoms with Gasteiger partial charge in [0.2, 0.25) is 0 Å². The van der Waals surface area contributed by atoms with Crippen molar-refractivity contribution in [1.82, 2.24) is 20.0 Å². The number of halogens is 2. The zero-order valence-electron chi connectivity index (χ0n) is 11.3. The number of hydrogen-bond donors (Lipinski definition) is 1. The second kappa shape index (κ2) is 5.90. The summed E-state index contributed by atoms with van der Waals surface area (Å²) in [5, 5.41) is 19.0. The second-order valence-corrected chi connectivity index (χ2v) is 6.53. The summed E-state index contributed by atoms with van der Waals surface area (Å²) in [4.78, 5) is 6.21. The Balaban J connectivity index is 1.70. The summed E-state index contributed by atoms with van der Waals surface area (Å²) in [6, 6.07) is 0. The predicted octanol–water partition coefficient (Wildman–Crippen LogP) is 2.12. The van der Waals surface area contributed by atoms with Crippen LogP contribution in [0.25, 0.3) is 0 Å². The first-order valence-electron chi connectivity index (χ1n) is 6.68. The van der Waals surface area contributed by atoms with E-state index in [0.29, 0.717) is 24.4 Å². The van der Waals surface area contributed by atoms with Crippen molar-refractivity contribution >= 4 is 33.2 Å². The number of rotatable bonds is 3. The summed E-state index contributed by atoms with van der Waals surface area (Å²) >= 11 is 9.72. The van der Waals surface area contributed by atoms with Crippen molar-refractivity contribution in [2.24, 2.45) is 0 Å². The van der Waals surface area contributed by atoms with Crippen LogP contribution in [-0.4, -0.2) is 43.8 Å². The topological polar surface area (TPSA) is 67.1 Å². The Labute approximate surface area is 135 Å². The molecule has 1 fully saturated rings. The quantitative estimate of drug-likeness (QED) is 0.894. The van der Waals surface area contributed by atoms with E-state index in [9.17, 15) is 5.11 Å². The highest BCUT2D eigenvalue weighted by atomic mass is 79.9. The Kier molecular flexibility index (Phi) is 4.14. The van der Waals surface area contributed by atoms with E-state index >= 15 is 0 Å². The van der Waals surface area contributed by atoms with E-state index in [-0.39, 0.29) is 0 Å². The summed E-state index contributed by atoms with van der Waals surface area (Å²) in [6.07, 6.45) is 8.05. The number of pyridine rings is 1. The lowest BCUT2D eigenvalue weighted by atomic mass is 9.91. The molecule has 112 valence electrons. The van der Waals surface area contributed by atoms with E-state index in [0.717, 1.165) is 23.2 Å². The third kappa shape index (κ3) is 3.20. The molecule has 3 rings (SSSR count). The highest BCUT2D eigenvalue weighted by Gasteiger charge is 2.34. The van der Waals surface area contributed by atoms with Gasteiger partial charge in [-0.25, -0.2) is 4.68 Å². The fraction of sp³-hybridized carbons (Fsp3) is 0.462. The van der Waals surface area contributed by atoms with E-state index in [1.807, 2.05) is 0 Å². The monoisotopic (exact) mass is 371 g/mol. The van der Waals surface area contributed by atoms with Gasteiger partial charge in [-0.3, -0.25) is 4.98 Å². The third-order valence-electron chi connectivity index (χ3n) is 3.77. The molecule has 1 N–H and O–H groups in total. The van der Waals surface area contributed by atoms with Crippen LogP contribution in [0.5, 0.6) is 0 Å². The zero-order chi connectivity index (χ0) is 14.9. The molecule has 21 heavy (non-hydrogen) atoms. The van der Waals surface area contributed by atoms with Crippen LogP contribution in [0.2, 0.25) is 5.02 Å². The lowest BCUT2D eigenvalue weighted by molar-refractivity contribution is -0.00347. The molecule has 6 nitrogen and oxygen atoms in total. The molecule has 2 aromatic heterocycles. The van der Waals surface area contributed by atoms with Crippen LogP contribution in [-0.2, 0) is 6.54 Å². The van der Waals surface area contributed by atoms with Gasteiger partial charge in [0, 0.05) is 31.7 Å². The maximum absolute atomic E-state index is 10.7. The van der Waals surface area contributed by atoms with Crippen molar-refractivity contribution in [3.05, 3.63) is 34.3 Å². The summed E-state index contributed by atoms with van der Waals surface area (Å²) in [7, 11) is 0. The van der Waals surface area contributed by atoms with Crippen molar-refractivity contribution < 1.29 is 5.11 Å². The first-order chi connectivity index (χ1) is 10.1. The lowest BCUT2D eigenvalue weighted by Crippen LogP contribution is -2.47. The number of aliphatic hydroxyl groups is 1. The molecule has 0 amide bonds. The van der Waals surface area contributed by atoms with Gasteiger partial charge in [0.05, 0.1) is 33.5 Å². The molecule has 0 aliphatic carbocycles. The predicted molar refractivity (Wildman–Crippen MR) is 83.4 cm³/mol. The van der Waals surface area contributed by atoms with E-state index in [4.69, 9.17) is 11.6 Å². The normalized spacial score (nSPS) is 18.0. The fourth-order valence-electron chi connectivity index (χ4n) is 2.63. The molecule has 1 aliphatic rings. The largest absolute Gasteiger partial charge is 0.388 e. The first-order valence-corrected chi connectivity index (χ1v) is 7.85. The van der Waals surface area contributed by atoms with Gasteiger partial charge in [-0.2, -0.15) is 0 Å². The Morgan fingerprint density at radius 3 is 2.71 bits per heavy atom. The van der Waals surface area contributed by atoms with Crippen LogP contribution in [0.3, 0.4) is 0 Å². The molecular formula is C13H15BrClN5O. The minimum Gasteiger partial charge on any atom is -0.388 e. The summed E-state index contributed by atoms with van der Waals surface area (Å²) in [5.41, 5.74) is 0.186. The molecule has 0 aromatic carbocycles. The van der Waals surface area contributed by atoms with Gasteiger partial charge >= 0.3 is 0 Å². The zero-order valence-corrected chi connectivity index (χ0v) is 13.6. The average molecular weight is 373 g/mol. The average Bonchev–Trinajstić information content (AvgIpc) is 2.93. The summed E-state index contributed by atoms with van der Waals surface area (Å²) in [6.45, 7) is 1.92. The Bertz CT molecular complexity index is 593. The number of anilines is 1. The highest BCUT2D eigenvalue weighted by Crippen LogP contribution is 2.36. The SMILES string of the molecule is OC1(Cn2ccnn2)CCN(c2c(Cl)cncc2Br)CC1. The molecule has 0 bridgehead atoms. The fourth-order valence-corrected chi connectivity index (χ4v) is 3.60. The maximum Gasteiger partial charge on any atom is 0.0877 e.